The average molecular weight is 432 g/mol. The van der Waals surface area contributed by atoms with Gasteiger partial charge in [-0.15, -0.1) is 0 Å². The van der Waals surface area contributed by atoms with Gasteiger partial charge < -0.3 is 25.4 Å². The largest absolute Gasteiger partial charge is 0.489 e. The number of fused-ring (bicyclic) bond motifs is 3. The summed E-state index contributed by atoms with van der Waals surface area (Å²) in [6.45, 7) is 2.39. The van der Waals surface area contributed by atoms with E-state index in [9.17, 15) is 15.0 Å². The predicted octanol–water partition coefficient (Wildman–Crippen LogP) is 2.84. The Morgan fingerprint density at radius 1 is 1.32 bits per heavy atom. The Kier molecular flexibility index (Phi) is 8.93. The molecular weight excluding hydrogens is 394 g/mol. The second-order valence-corrected chi connectivity index (χ2v) is 8.77. The van der Waals surface area contributed by atoms with Crippen molar-refractivity contribution in [3.63, 3.8) is 0 Å². The summed E-state index contributed by atoms with van der Waals surface area (Å²) >= 11 is 0. The number of aliphatic hydroxyl groups excluding tert-OH is 3. The standard InChI is InChI=1S/C25H37NO5/c1-2-3-4-9-18(28)12-13-19-21(29)16-22-24(19)20-10-5-7-17(25(20)31-22)8-6-11-23(30)26-14-15-27/h5,7,10,12-13,18-19,21-22,24,27-29H,2-4,6,8-9,11,14-16H2,1H3,(H,26,30)/t18-,19-,21+,22-,24-/m0/s1. The van der Waals surface area contributed by atoms with Crippen LogP contribution in [0.3, 0.4) is 0 Å². The first-order valence-electron chi connectivity index (χ1n) is 11.8. The van der Waals surface area contributed by atoms with E-state index in [0.29, 0.717) is 19.3 Å². The molecule has 6 nitrogen and oxygen atoms in total. The third-order valence-corrected chi connectivity index (χ3v) is 6.43. The lowest BCUT2D eigenvalue weighted by molar-refractivity contribution is -0.121. The molecule has 0 aromatic heterocycles. The van der Waals surface area contributed by atoms with Crippen LogP contribution >= 0.6 is 0 Å². The molecule has 1 aromatic rings. The minimum Gasteiger partial charge on any atom is -0.489 e. The number of aryl methyl sites for hydroxylation is 1. The van der Waals surface area contributed by atoms with Crippen molar-refractivity contribution in [3.05, 3.63) is 41.5 Å². The minimum absolute atomic E-state index is 0.0498. The van der Waals surface area contributed by atoms with Crippen LogP contribution in [0.25, 0.3) is 0 Å². The Labute approximate surface area is 185 Å². The van der Waals surface area contributed by atoms with E-state index in [4.69, 9.17) is 9.84 Å². The van der Waals surface area contributed by atoms with Gasteiger partial charge in [0.05, 0.1) is 18.8 Å². The summed E-state index contributed by atoms with van der Waals surface area (Å²) in [5.74, 6) is 0.885. The van der Waals surface area contributed by atoms with Crippen molar-refractivity contribution in [1.82, 2.24) is 5.32 Å². The molecule has 1 fully saturated rings. The molecule has 0 unspecified atom stereocenters. The molecule has 0 radical (unpaired) electrons. The molecule has 1 saturated carbocycles. The molecule has 3 rings (SSSR count). The van der Waals surface area contributed by atoms with Gasteiger partial charge in [-0.3, -0.25) is 4.79 Å². The number of aliphatic hydroxyl groups is 3. The number of hydrogen-bond acceptors (Lipinski definition) is 5. The third kappa shape index (κ3) is 6.09. The number of hydrogen-bond donors (Lipinski definition) is 4. The van der Waals surface area contributed by atoms with Crippen LogP contribution in [-0.4, -0.2) is 52.7 Å². The smallest absolute Gasteiger partial charge is 0.220 e. The van der Waals surface area contributed by atoms with E-state index in [1.165, 1.54) is 0 Å². The van der Waals surface area contributed by atoms with E-state index >= 15 is 0 Å². The zero-order valence-corrected chi connectivity index (χ0v) is 18.5. The van der Waals surface area contributed by atoms with Crippen molar-refractivity contribution in [2.45, 2.75) is 82.5 Å². The lowest BCUT2D eigenvalue weighted by Crippen LogP contribution is -2.26. The van der Waals surface area contributed by atoms with E-state index in [2.05, 4.69) is 18.3 Å². The number of para-hydroxylation sites is 1. The van der Waals surface area contributed by atoms with Gasteiger partial charge in [0.2, 0.25) is 5.91 Å². The number of unbranched alkanes of at least 4 members (excludes halogenated alkanes) is 2. The zero-order chi connectivity index (χ0) is 22.2. The first-order chi connectivity index (χ1) is 15.0. The van der Waals surface area contributed by atoms with Crippen LogP contribution in [-0.2, 0) is 11.2 Å². The highest BCUT2D eigenvalue weighted by Crippen LogP contribution is 2.52. The first kappa shape index (κ1) is 23.8. The monoisotopic (exact) mass is 431 g/mol. The van der Waals surface area contributed by atoms with Crippen LogP contribution in [0.4, 0.5) is 0 Å². The van der Waals surface area contributed by atoms with E-state index in [1.807, 2.05) is 24.3 Å². The predicted molar refractivity (Wildman–Crippen MR) is 120 cm³/mol. The summed E-state index contributed by atoms with van der Waals surface area (Å²) in [5, 5.41) is 32.3. The molecule has 0 bridgehead atoms. The minimum atomic E-state index is -0.471. The summed E-state index contributed by atoms with van der Waals surface area (Å²) in [6.07, 6.45) is 9.31. The summed E-state index contributed by atoms with van der Waals surface area (Å²) < 4.78 is 6.28. The van der Waals surface area contributed by atoms with Gasteiger partial charge in [-0.25, -0.2) is 0 Å². The molecule has 31 heavy (non-hydrogen) atoms. The molecule has 1 aromatic carbocycles. The quantitative estimate of drug-likeness (QED) is 0.301. The van der Waals surface area contributed by atoms with Crippen molar-refractivity contribution >= 4 is 5.91 Å². The molecule has 2 aliphatic rings. The molecule has 0 saturated heterocycles. The van der Waals surface area contributed by atoms with E-state index < -0.39 is 12.2 Å². The number of benzene rings is 1. The Balaban J connectivity index is 1.63. The van der Waals surface area contributed by atoms with Crippen molar-refractivity contribution in [2.24, 2.45) is 5.92 Å². The van der Waals surface area contributed by atoms with Crippen LogP contribution in [0.2, 0.25) is 0 Å². The third-order valence-electron chi connectivity index (χ3n) is 6.43. The molecule has 0 spiro atoms. The van der Waals surface area contributed by atoms with Crippen LogP contribution in [0.1, 0.15) is 68.9 Å². The zero-order valence-electron chi connectivity index (χ0n) is 18.5. The number of nitrogens with one attached hydrogen (secondary N) is 1. The molecule has 1 amide bonds. The van der Waals surface area contributed by atoms with Crippen LogP contribution in [0, 0.1) is 5.92 Å². The molecule has 172 valence electrons. The van der Waals surface area contributed by atoms with E-state index in [-0.39, 0.29) is 37.0 Å². The highest BCUT2D eigenvalue weighted by Gasteiger charge is 2.48. The Morgan fingerprint density at radius 3 is 2.94 bits per heavy atom. The number of amides is 1. The van der Waals surface area contributed by atoms with Gasteiger partial charge in [0.1, 0.15) is 11.9 Å². The maximum atomic E-state index is 11.8. The Bertz CT molecular complexity index is 749. The van der Waals surface area contributed by atoms with Crippen LogP contribution in [0.5, 0.6) is 5.75 Å². The molecule has 5 atom stereocenters. The van der Waals surface area contributed by atoms with Crippen molar-refractivity contribution < 1.29 is 24.9 Å². The molecule has 6 heteroatoms. The summed E-state index contributed by atoms with van der Waals surface area (Å²) in [6, 6.07) is 6.15. The van der Waals surface area contributed by atoms with Gasteiger partial charge in [-0.2, -0.15) is 0 Å². The van der Waals surface area contributed by atoms with Gasteiger partial charge in [0, 0.05) is 36.8 Å². The Morgan fingerprint density at radius 2 is 2.16 bits per heavy atom. The lowest BCUT2D eigenvalue weighted by Gasteiger charge is -2.18. The number of carbonyl (C=O) groups is 1. The van der Waals surface area contributed by atoms with Crippen molar-refractivity contribution in [2.75, 3.05) is 13.2 Å². The fraction of sp³-hybridized carbons (Fsp3) is 0.640. The molecule has 4 N–H and O–H groups in total. The molecule has 1 aliphatic heterocycles. The van der Waals surface area contributed by atoms with Gasteiger partial charge in [-0.05, 0) is 24.8 Å². The Hall–Kier alpha value is -1.89. The SMILES string of the molecule is CCCCC[C@H](O)C=C[C@@H]1[C@H]2c3cccc(CCCC(=O)NCCO)c3O[C@H]2C[C@H]1O. The fourth-order valence-electron chi connectivity index (χ4n) is 4.84. The highest BCUT2D eigenvalue weighted by atomic mass is 16.5. The second kappa shape index (κ2) is 11.7. The van der Waals surface area contributed by atoms with Crippen LogP contribution < -0.4 is 10.1 Å². The van der Waals surface area contributed by atoms with Gasteiger partial charge in [-0.1, -0.05) is 56.5 Å². The lowest BCUT2D eigenvalue weighted by atomic mass is 9.86. The maximum Gasteiger partial charge on any atom is 0.220 e. The number of carbonyl (C=O) groups excluding carboxylic acids is 1. The number of rotatable bonds is 12. The molecular formula is C25H37NO5. The first-order valence-corrected chi connectivity index (χ1v) is 11.8. The normalized spacial score (nSPS) is 25.3. The number of ether oxygens (including phenoxy) is 1. The van der Waals surface area contributed by atoms with Gasteiger partial charge >= 0.3 is 0 Å². The average Bonchev–Trinajstić information content (AvgIpc) is 3.26. The second-order valence-electron chi connectivity index (χ2n) is 8.77. The fourth-order valence-corrected chi connectivity index (χ4v) is 4.84. The van der Waals surface area contributed by atoms with Crippen LogP contribution in [0.15, 0.2) is 30.4 Å². The highest BCUT2D eigenvalue weighted by molar-refractivity contribution is 5.75. The topological polar surface area (TPSA) is 99.0 Å². The molecule has 1 aliphatic carbocycles. The van der Waals surface area contributed by atoms with E-state index in [1.54, 1.807) is 0 Å². The summed E-state index contributed by atoms with van der Waals surface area (Å²) in [7, 11) is 0. The van der Waals surface area contributed by atoms with E-state index in [0.717, 1.165) is 49.0 Å². The van der Waals surface area contributed by atoms with Gasteiger partial charge in [0.15, 0.2) is 0 Å². The van der Waals surface area contributed by atoms with Crippen molar-refractivity contribution in [3.8, 4) is 5.75 Å². The molecule has 1 heterocycles. The maximum absolute atomic E-state index is 11.8. The summed E-state index contributed by atoms with van der Waals surface area (Å²) in [4.78, 5) is 11.8. The van der Waals surface area contributed by atoms with Crippen molar-refractivity contribution in [1.29, 1.82) is 0 Å². The van der Waals surface area contributed by atoms with Gasteiger partial charge in [0.25, 0.3) is 0 Å². The summed E-state index contributed by atoms with van der Waals surface area (Å²) in [5.41, 5.74) is 2.22.